The molecule has 0 unspecified atom stereocenters. The molecule has 144 valence electrons. The van der Waals surface area contributed by atoms with E-state index in [2.05, 4.69) is 20.0 Å². The van der Waals surface area contributed by atoms with Crippen molar-refractivity contribution in [3.8, 4) is 6.01 Å². The van der Waals surface area contributed by atoms with Gasteiger partial charge in [0.1, 0.15) is 6.10 Å². The predicted octanol–water partition coefficient (Wildman–Crippen LogP) is 2.10. The van der Waals surface area contributed by atoms with Crippen molar-refractivity contribution in [3.05, 3.63) is 42.7 Å². The predicted molar refractivity (Wildman–Crippen MR) is 99.8 cm³/mol. The number of anilines is 1. The highest BCUT2D eigenvalue weighted by atomic mass is 32.2. The van der Waals surface area contributed by atoms with Crippen LogP contribution < -0.4 is 14.8 Å². The number of hydrogen-bond acceptors (Lipinski definition) is 6. The lowest BCUT2D eigenvalue weighted by molar-refractivity contribution is -0.114. The van der Waals surface area contributed by atoms with Gasteiger partial charge in [0, 0.05) is 31.0 Å². The van der Waals surface area contributed by atoms with E-state index in [1.165, 1.54) is 19.1 Å². The molecule has 0 bridgehead atoms. The van der Waals surface area contributed by atoms with E-state index < -0.39 is 10.0 Å². The minimum Gasteiger partial charge on any atom is -0.460 e. The Kier molecular flexibility index (Phi) is 6.02. The van der Waals surface area contributed by atoms with Gasteiger partial charge >= 0.3 is 6.01 Å². The average molecular weight is 390 g/mol. The first-order chi connectivity index (χ1) is 12.9. The number of nitrogens with one attached hydrogen (secondary N) is 2. The van der Waals surface area contributed by atoms with Crippen LogP contribution in [0.25, 0.3) is 0 Å². The first kappa shape index (κ1) is 19.2. The minimum atomic E-state index is -3.61. The third kappa shape index (κ3) is 5.48. The zero-order valence-electron chi connectivity index (χ0n) is 15.0. The summed E-state index contributed by atoms with van der Waals surface area (Å²) in [5, 5.41) is 2.61. The van der Waals surface area contributed by atoms with E-state index >= 15 is 0 Å². The molecule has 1 fully saturated rings. The molecular formula is C18H22N4O4S. The number of aromatic nitrogens is 2. The number of sulfonamides is 1. The van der Waals surface area contributed by atoms with Gasteiger partial charge in [0.05, 0.1) is 4.90 Å². The van der Waals surface area contributed by atoms with Crippen molar-refractivity contribution in [2.24, 2.45) is 0 Å². The smallest absolute Gasteiger partial charge is 0.316 e. The number of carbonyl (C=O) groups excluding carboxylic acids is 1. The highest BCUT2D eigenvalue weighted by Gasteiger charge is 2.27. The van der Waals surface area contributed by atoms with Gasteiger partial charge < -0.3 is 10.1 Å². The van der Waals surface area contributed by atoms with Crippen LogP contribution in [0.1, 0.15) is 32.6 Å². The molecule has 8 nitrogen and oxygen atoms in total. The van der Waals surface area contributed by atoms with Gasteiger partial charge in [0.25, 0.3) is 0 Å². The van der Waals surface area contributed by atoms with Gasteiger partial charge in [0.15, 0.2) is 0 Å². The summed E-state index contributed by atoms with van der Waals surface area (Å²) in [5.74, 6) is -0.205. The van der Waals surface area contributed by atoms with E-state index in [0.29, 0.717) is 24.5 Å². The lowest BCUT2D eigenvalue weighted by Gasteiger charge is -2.28. The van der Waals surface area contributed by atoms with Crippen LogP contribution in [0.4, 0.5) is 5.69 Å². The molecule has 1 aromatic carbocycles. The van der Waals surface area contributed by atoms with E-state index in [9.17, 15) is 13.2 Å². The number of nitrogens with zero attached hydrogens (tertiary/aromatic N) is 2. The third-order valence-corrected chi connectivity index (χ3v) is 5.83. The summed E-state index contributed by atoms with van der Waals surface area (Å²) in [5.41, 5.74) is 0.558. The Balaban J connectivity index is 1.53. The molecule has 2 aromatic rings. The van der Waals surface area contributed by atoms with Gasteiger partial charge in [-0.05, 0) is 56.0 Å². The van der Waals surface area contributed by atoms with Crippen LogP contribution in [0.5, 0.6) is 6.01 Å². The normalized spacial score (nSPS) is 20.0. The van der Waals surface area contributed by atoms with Crippen molar-refractivity contribution < 1.29 is 17.9 Å². The van der Waals surface area contributed by atoms with Crippen LogP contribution in [0, 0.1) is 0 Å². The maximum Gasteiger partial charge on any atom is 0.316 e. The van der Waals surface area contributed by atoms with Crippen LogP contribution >= 0.6 is 0 Å². The van der Waals surface area contributed by atoms with Gasteiger partial charge in [-0.3, -0.25) is 4.79 Å². The lowest BCUT2D eigenvalue weighted by atomic mass is 9.94. The molecule has 0 aliphatic heterocycles. The van der Waals surface area contributed by atoms with Crippen molar-refractivity contribution >= 4 is 21.6 Å². The second kappa shape index (κ2) is 8.45. The summed E-state index contributed by atoms with van der Waals surface area (Å²) >= 11 is 0. The fourth-order valence-corrected chi connectivity index (χ4v) is 4.31. The molecule has 3 rings (SSSR count). The molecule has 1 aromatic heterocycles. The molecule has 27 heavy (non-hydrogen) atoms. The van der Waals surface area contributed by atoms with Crippen LogP contribution in [-0.4, -0.2) is 36.4 Å². The summed E-state index contributed by atoms with van der Waals surface area (Å²) in [6, 6.07) is 8.04. The lowest BCUT2D eigenvalue weighted by Crippen LogP contribution is -2.39. The van der Waals surface area contributed by atoms with Crippen molar-refractivity contribution in [1.29, 1.82) is 0 Å². The summed E-state index contributed by atoms with van der Waals surface area (Å²) in [7, 11) is -3.61. The second-order valence-electron chi connectivity index (χ2n) is 6.45. The largest absolute Gasteiger partial charge is 0.460 e. The summed E-state index contributed by atoms with van der Waals surface area (Å²) in [4.78, 5) is 19.3. The van der Waals surface area contributed by atoms with Crippen LogP contribution in [0.3, 0.4) is 0 Å². The van der Waals surface area contributed by atoms with E-state index in [1.807, 2.05) is 0 Å². The fraction of sp³-hybridized carbons (Fsp3) is 0.389. The second-order valence-corrected chi connectivity index (χ2v) is 8.16. The standard InChI is InChI=1S/C18H22N4O4S/c1-13(23)21-14-5-9-17(10-6-14)27(24,25)22-15-3-7-16(8-4-15)26-18-19-11-2-12-20-18/h2,5-6,9-12,15-16,22H,3-4,7-8H2,1H3,(H,21,23). The Morgan fingerprint density at radius 3 is 2.30 bits per heavy atom. The van der Waals surface area contributed by atoms with Gasteiger partial charge in [-0.1, -0.05) is 0 Å². The van der Waals surface area contributed by atoms with Gasteiger partial charge in [-0.25, -0.2) is 23.1 Å². The number of ether oxygens (including phenoxy) is 1. The van der Waals surface area contributed by atoms with Crippen molar-refractivity contribution in [1.82, 2.24) is 14.7 Å². The average Bonchev–Trinajstić information content (AvgIpc) is 2.64. The first-order valence-electron chi connectivity index (χ1n) is 8.76. The Labute approximate surface area is 158 Å². The monoisotopic (exact) mass is 390 g/mol. The summed E-state index contributed by atoms with van der Waals surface area (Å²) < 4.78 is 33.6. The van der Waals surface area contributed by atoms with Crippen LogP contribution in [0.15, 0.2) is 47.6 Å². The minimum absolute atomic E-state index is 0.00917. The van der Waals surface area contributed by atoms with Gasteiger partial charge in [-0.2, -0.15) is 0 Å². The molecule has 9 heteroatoms. The number of benzene rings is 1. The topological polar surface area (TPSA) is 110 Å². The van der Waals surface area contributed by atoms with E-state index in [4.69, 9.17) is 4.74 Å². The zero-order valence-corrected chi connectivity index (χ0v) is 15.8. The number of hydrogen-bond donors (Lipinski definition) is 2. The molecule has 0 saturated heterocycles. The van der Waals surface area contributed by atoms with Crippen molar-refractivity contribution in [2.45, 2.75) is 49.6 Å². The zero-order chi connectivity index (χ0) is 19.3. The number of rotatable bonds is 6. The van der Waals surface area contributed by atoms with E-state index in [-0.39, 0.29) is 22.9 Å². The van der Waals surface area contributed by atoms with Crippen LogP contribution in [-0.2, 0) is 14.8 Å². The Bertz CT molecular complexity index is 864. The quantitative estimate of drug-likeness (QED) is 0.782. The van der Waals surface area contributed by atoms with Gasteiger partial charge in [-0.15, -0.1) is 0 Å². The molecule has 0 atom stereocenters. The molecule has 0 spiro atoms. The highest BCUT2D eigenvalue weighted by molar-refractivity contribution is 7.89. The highest BCUT2D eigenvalue weighted by Crippen LogP contribution is 2.24. The SMILES string of the molecule is CC(=O)Nc1ccc(S(=O)(=O)NC2CCC(Oc3ncccn3)CC2)cc1. The number of carbonyl (C=O) groups is 1. The molecule has 1 amide bonds. The Morgan fingerprint density at radius 1 is 1.07 bits per heavy atom. The molecule has 0 radical (unpaired) electrons. The van der Waals surface area contributed by atoms with Crippen molar-refractivity contribution in [3.63, 3.8) is 0 Å². The molecule has 1 aliphatic rings. The first-order valence-corrected chi connectivity index (χ1v) is 10.2. The van der Waals surface area contributed by atoms with Crippen LogP contribution in [0.2, 0.25) is 0 Å². The van der Waals surface area contributed by atoms with Gasteiger partial charge in [0.2, 0.25) is 15.9 Å². The maximum atomic E-state index is 12.6. The Morgan fingerprint density at radius 2 is 1.70 bits per heavy atom. The number of amides is 1. The Hall–Kier alpha value is -2.52. The summed E-state index contributed by atoms with van der Waals surface area (Å²) in [6.07, 6.45) is 6.06. The molecule has 1 saturated carbocycles. The van der Waals surface area contributed by atoms with E-state index in [0.717, 1.165) is 12.8 Å². The third-order valence-electron chi connectivity index (χ3n) is 4.30. The molecule has 2 N–H and O–H groups in total. The molecule has 1 aliphatic carbocycles. The van der Waals surface area contributed by atoms with E-state index in [1.54, 1.807) is 30.6 Å². The molecule has 1 heterocycles. The summed E-state index contributed by atoms with van der Waals surface area (Å²) in [6.45, 7) is 1.40. The van der Waals surface area contributed by atoms with Crippen molar-refractivity contribution in [2.75, 3.05) is 5.32 Å². The maximum absolute atomic E-state index is 12.6. The molecular weight excluding hydrogens is 368 g/mol. The fourth-order valence-electron chi connectivity index (χ4n) is 3.00.